The molecular formula is C22H24N2O. The normalized spacial score (nSPS) is 11.9. The second-order valence-electron chi connectivity index (χ2n) is 6.79. The zero-order valence-corrected chi connectivity index (χ0v) is 15.5. The molecule has 3 nitrogen and oxygen atoms in total. The summed E-state index contributed by atoms with van der Waals surface area (Å²) in [5, 5.41) is 2.58. The largest absolute Gasteiger partial charge is 0.369 e. The molecule has 0 bridgehead atoms. The number of hydrogen-bond donors (Lipinski definition) is 0. The zero-order valence-electron chi connectivity index (χ0n) is 15.5. The van der Waals surface area contributed by atoms with Gasteiger partial charge in [-0.2, -0.15) is 0 Å². The van der Waals surface area contributed by atoms with E-state index in [1.165, 1.54) is 44.3 Å². The van der Waals surface area contributed by atoms with E-state index >= 15 is 0 Å². The summed E-state index contributed by atoms with van der Waals surface area (Å²) >= 11 is 0. The zero-order chi connectivity index (χ0) is 17.7. The molecule has 0 atom stereocenters. The van der Waals surface area contributed by atoms with Gasteiger partial charge in [0.15, 0.2) is 0 Å². The fourth-order valence-electron chi connectivity index (χ4n) is 4.30. The van der Waals surface area contributed by atoms with Crippen molar-refractivity contribution < 1.29 is 4.74 Å². The van der Waals surface area contributed by atoms with Crippen LogP contribution < -0.4 is 0 Å². The minimum absolute atomic E-state index is 0.102. The number of aromatic nitrogens is 2. The Morgan fingerprint density at radius 2 is 1.12 bits per heavy atom. The lowest BCUT2D eigenvalue weighted by atomic mass is 10.0. The topological polar surface area (TPSA) is 19.1 Å². The van der Waals surface area contributed by atoms with Crippen LogP contribution in [0, 0.1) is 13.8 Å². The Balaban J connectivity index is 2.02. The number of benzene rings is 2. The van der Waals surface area contributed by atoms with Gasteiger partial charge in [0.2, 0.25) is 0 Å². The van der Waals surface area contributed by atoms with Crippen LogP contribution in [-0.2, 0) is 18.8 Å². The van der Waals surface area contributed by atoms with Crippen molar-refractivity contribution in [2.24, 2.45) is 14.1 Å². The summed E-state index contributed by atoms with van der Waals surface area (Å²) in [7, 11) is 6.07. The van der Waals surface area contributed by atoms with Crippen molar-refractivity contribution in [3.05, 3.63) is 71.0 Å². The van der Waals surface area contributed by atoms with E-state index in [0.717, 1.165) is 0 Å². The van der Waals surface area contributed by atoms with Gasteiger partial charge >= 0.3 is 0 Å². The molecule has 128 valence electrons. The van der Waals surface area contributed by atoms with Gasteiger partial charge in [-0.25, -0.2) is 0 Å². The Morgan fingerprint density at radius 1 is 0.720 bits per heavy atom. The van der Waals surface area contributed by atoms with Crippen LogP contribution in [0.15, 0.2) is 48.5 Å². The first-order valence-corrected chi connectivity index (χ1v) is 8.66. The molecule has 2 heterocycles. The van der Waals surface area contributed by atoms with E-state index in [0.29, 0.717) is 0 Å². The van der Waals surface area contributed by atoms with Crippen LogP contribution in [0.1, 0.15) is 28.6 Å². The lowest BCUT2D eigenvalue weighted by molar-refractivity contribution is 0.124. The molecule has 4 aromatic rings. The summed E-state index contributed by atoms with van der Waals surface area (Å²) in [6, 6.07) is 17.1. The van der Waals surface area contributed by atoms with Crippen molar-refractivity contribution in [2.45, 2.75) is 20.0 Å². The quantitative estimate of drug-likeness (QED) is 0.515. The molecule has 0 aliphatic heterocycles. The highest BCUT2D eigenvalue weighted by atomic mass is 16.5. The van der Waals surface area contributed by atoms with Gasteiger partial charge in [-0.05, 0) is 37.1 Å². The summed E-state index contributed by atoms with van der Waals surface area (Å²) in [6.45, 7) is 4.39. The second-order valence-corrected chi connectivity index (χ2v) is 6.79. The third-order valence-electron chi connectivity index (χ3n) is 5.56. The Kier molecular flexibility index (Phi) is 3.69. The van der Waals surface area contributed by atoms with Crippen molar-refractivity contribution in [2.75, 3.05) is 7.11 Å². The summed E-state index contributed by atoms with van der Waals surface area (Å²) in [5.41, 5.74) is 7.50. The number of ether oxygens (including phenoxy) is 1. The molecule has 0 amide bonds. The molecule has 0 unspecified atom stereocenters. The van der Waals surface area contributed by atoms with Gasteiger partial charge in [-0.15, -0.1) is 0 Å². The number of nitrogens with zero attached hydrogens (tertiary/aromatic N) is 2. The maximum absolute atomic E-state index is 6.06. The highest BCUT2D eigenvalue weighted by Gasteiger charge is 2.27. The molecule has 0 spiro atoms. The molecule has 25 heavy (non-hydrogen) atoms. The van der Waals surface area contributed by atoms with Gasteiger partial charge in [-0.1, -0.05) is 36.4 Å². The number of rotatable bonds is 3. The molecule has 0 aliphatic rings. The minimum Gasteiger partial charge on any atom is -0.369 e. The fourth-order valence-corrected chi connectivity index (χ4v) is 4.30. The molecule has 3 heteroatoms. The number of methoxy groups -OCH3 is 1. The van der Waals surface area contributed by atoms with Crippen molar-refractivity contribution in [1.82, 2.24) is 9.13 Å². The van der Waals surface area contributed by atoms with E-state index in [1.807, 2.05) is 0 Å². The van der Waals surface area contributed by atoms with Gasteiger partial charge < -0.3 is 13.9 Å². The smallest absolute Gasteiger partial charge is 0.137 e. The van der Waals surface area contributed by atoms with Crippen LogP contribution in [0.25, 0.3) is 21.8 Å². The van der Waals surface area contributed by atoms with E-state index < -0.39 is 0 Å². The average Bonchev–Trinajstić information content (AvgIpc) is 3.04. The van der Waals surface area contributed by atoms with Gasteiger partial charge in [0.05, 0.1) is 11.4 Å². The minimum atomic E-state index is -0.102. The average molecular weight is 332 g/mol. The van der Waals surface area contributed by atoms with Crippen LogP contribution in [0.3, 0.4) is 0 Å². The number of aryl methyl sites for hydroxylation is 4. The van der Waals surface area contributed by atoms with Crippen LogP contribution in [0.4, 0.5) is 0 Å². The molecule has 2 aromatic carbocycles. The standard InChI is InChI=1S/C22H24N2O/c1-14-16-10-6-8-12-18(16)23(3)20(14)22(25-5)21-15(2)17-11-7-9-13-19(17)24(21)4/h6-13,22H,1-5H3. The van der Waals surface area contributed by atoms with Gasteiger partial charge in [-0.3, -0.25) is 0 Å². The van der Waals surface area contributed by atoms with Crippen LogP contribution in [-0.4, -0.2) is 16.2 Å². The highest BCUT2D eigenvalue weighted by molar-refractivity contribution is 5.87. The molecule has 0 aliphatic carbocycles. The predicted molar refractivity (Wildman–Crippen MR) is 104 cm³/mol. The van der Waals surface area contributed by atoms with E-state index in [1.54, 1.807) is 7.11 Å². The Morgan fingerprint density at radius 3 is 1.48 bits per heavy atom. The lowest BCUT2D eigenvalue weighted by Crippen LogP contribution is -2.14. The number of hydrogen-bond acceptors (Lipinski definition) is 1. The van der Waals surface area contributed by atoms with Crippen LogP contribution in [0.5, 0.6) is 0 Å². The predicted octanol–water partition coefficient (Wildman–Crippen LogP) is 5.02. The maximum Gasteiger partial charge on any atom is 0.137 e. The van der Waals surface area contributed by atoms with Crippen LogP contribution in [0.2, 0.25) is 0 Å². The SMILES string of the molecule is COC(c1c(C)c2ccccc2n1C)c1c(C)c2ccccc2n1C. The molecule has 0 N–H and O–H groups in total. The molecule has 0 saturated heterocycles. The van der Waals surface area contributed by atoms with Gasteiger partial charge in [0.25, 0.3) is 0 Å². The summed E-state index contributed by atoms with van der Waals surface area (Å²) < 4.78 is 10.6. The summed E-state index contributed by atoms with van der Waals surface area (Å²) in [6.07, 6.45) is -0.102. The third-order valence-corrected chi connectivity index (χ3v) is 5.56. The van der Waals surface area contributed by atoms with E-state index in [2.05, 4.69) is 85.6 Å². The monoisotopic (exact) mass is 332 g/mol. The summed E-state index contributed by atoms with van der Waals surface area (Å²) in [5.74, 6) is 0. The van der Waals surface area contributed by atoms with Crippen LogP contribution >= 0.6 is 0 Å². The van der Waals surface area contributed by atoms with E-state index in [9.17, 15) is 0 Å². The number of fused-ring (bicyclic) bond motifs is 2. The van der Waals surface area contributed by atoms with Gasteiger partial charge in [0, 0.05) is 43.0 Å². The molecule has 0 radical (unpaired) electrons. The second kappa shape index (κ2) is 5.78. The fraction of sp³-hybridized carbons (Fsp3) is 0.273. The van der Waals surface area contributed by atoms with Crippen molar-refractivity contribution in [3.63, 3.8) is 0 Å². The third kappa shape index (κ3) is 2.16. The van der Waals surface area contributed by atoms with Crippen molar-refractivity contribution in [1.29, 1.82) is 0 Å². The van der Waals surface area contributed by atoms with Crippen molar-refractivity contribution in [3.8, 4) is 0 Å². The first-order valence-electron chi connectivity index (χ1n) is 8.66. The Labute approximate surface area is 148 Å². The molecular weight excluding hydrogens is 308 g/mol. The summed E-state index contributed by atoms with van der Waals surface area (Å²) in [4.78, 5) is 0. The first kappa shape index (κ1) is 16.0. The maximum atomic E-state index is 6.06. The van der Waals surface area contributed by atoms with Crippen molar-refractivity contribution >= 4 is 21.8 Å². The molecule has 2 aromatic heterocycles. The first-order chi connectivity index (χ1) is 12.1. The molecule has 0 fully saturated rings. The van der Waals surface area contributed by atoms with Gasteiger partial charge in [0.1, 0.15) is 6.10 Å². The molecule has 0 saturated carbocycles. The Bertz CT molecular complexity index is 920. The highest BCUT2D eigenvalue weighted by Crippen LogP contribution is 2.38. The Hall–Kier alpha value is -2.52. The number of para-hydroxylation sites is 2. The van der Waals surface area contributed by atoms with E-state index in [-0.39, 0.29) is 6.10 Å². The molecule has 4 rings (SSSR count). The van der Waals surface area contributed by atoms with E-state index in [4.69, 9.17) is 4.74 Å². The lowest BCUT2D eigenvalue weighted by Gasteiger charge is -2.20.